The fourth-order valence-electron chi connectivity index (χ4n) is 1.77. The first kappa shape index (κ1) is 17.6. The second kappa shape index (κ2) is 8.23. The zero-order valence-corrected chi connectivity index (χ0v) is 13.9. The molecule has 0 fully saturated rings. The Morgan fingerprint density at radius 2 is 2.00 bits per heavy atom. The highest BCUT2D eigenvalue weighted by atomic mass is 32.2. The summed E-state index contributed by atoms with van der Waals surface area (Å²) in [4.78, 5) is 26.8. The predicted molar refractivity (Wildman–Crippen MR) is 96.0 cm³/mol. The van der Waals surface area contributed by atoms with Crippen molar-refractivity contribution >= 4 is 35.6 Å². The molecule has 1 amide bonds. The van der Waals surface area contributed by atoms with Crippen LogP contribution in [0.3, 0.4) is 0 Å². The van der Waals surface area contributed by atoms with Crippen molar-refractivity contribution in [1.29, 1.82) is 0 Å². The van der Waals surface area contributed by atoms with Crippen LogP contribution in [0.25, 0.3) is 0 Å². The Morgan fingerprint density at radius 1 is 1.21 bits per heavy atom. The first-order valence-corrected chi connectivity index (χ1v) is 7.72. The third kappa shape index (κ3) is 4.90. The lowest BCUT2D eigenvalue weighted by Gasteiger charge is -2.09. The molecule has 0 heterocycles. The molecule has 7 nitrogen and oxygen atoms in total. The zero-order chi connectivity index (χ0) is 17.5. The number of benzene rings is 2. The van der Waals surface area contributed by atoms with Crippen LogP contribution in [-0.4, -0.2) is 35.6 Å². The summed E-state index contributed by atoms with van der Waals surface area (Å²) >= 11 is 1.18. The zero-order valence-electron chi connectivity index (χ0n) is 13.1. The fourth-order valence-corrected chi connectivity index (χ4v) is 2.15. The van der Waals surface area contributed by atoms with E-state index < -0.39 is 0 Å². The quantitative estimate of drug-likeness (QED) is 0.476. The molecular weight excluding hydrogens is 328 g/mol. The number of amides is 1. The van der Waals surface area contributed by atoms with Gasteiger partial charge in [-0.2, -0.15) is 0 Å². The molecule has 0 unspecified atom stereocenters. The molecule has 8 heteroatoms. The molecule has 0 saturated heterocycles. The van der Waals surface area contributed by atoms with Crippen LogP contribution >= 0.6 is 12.1 Å². The molecule has 2 rings (SSSR count). The minimum Gasteiger partial charge on any atom is -0.507 e. The van der Waals surface area contributed by atoms with Crippen LogP contribution in [0.2, 0.25) is 0 Å². The average molecular weight is 344 g/mol. The van der Waals surface area contributed by atoms with Crippen LogP contribution in [0.4, 0.5) is 11.4 Å². The van der Waals surface area contributed by atoms with Crippen molar-refractivity contribution in [2.45, 2.75) is 0 Å². The smallest absolute Gasteiger partial charge is 0.262 e. The maximum Gasteiger partial charge on any atom is 0.262 e. The van der Waals surface area contributed by atoms with Gasteiger partial charge in [-0.15, -0.1) is 4.91 Å². The summed E-state index contributed by atoms with van der Waals surface area (Å²) in [6, 6.07) is 11.0. The lowest BCUT2D eigenvalue weighted by atomic mass is 10.2. The normalized spacial score (nSPS) is 11.0. The summed E-state index contributed by atoms with van der Waals surface area (Å²) in [6.07, 6.45) is 1.41. The average Bonchev–Trinajstić information content (AvgIpc) is 2.59. The number of aliphatic imine (C=N–C) groups is 1. The van der Waals surface area contributed by atoms with Gasteiger partial charge in [0.05, 0.1) is 5.69 Å². The van der Waals surface area contributed by atoms with Crippen molar-refractivity contribution in [2.75, 3.05) is 14.1 Å². The van der Waals surface area contributed by atoms with Crippen molar-refractivity contribution < 1.29 is 9.90 Å². The lowest BCUT2D eigenvalue weighted by Crippen LogP contribution is -2.20. The van der Waals surface area contributed by atoms with Crippen molar-refractivity contribution in [3.8, 4) is 5.75 Å². The van der Waals surface area contributed by atoms with Gasteiger partial charge in [-0.25, -0.2) is 4.31 Å². The topological polar surface area (TPSA) is 94.4 Å². The van der Waals surface area contributed by atoms with E-state index in [2.05, 4.69) is 14.9 Å². The molecule has 0 bridgehead atoms. The Hall–Kier alpha value is -2.71. The minimum absolute atomic E-state index is 0.0116. The summed E-state index contributed by atoms with van der Waals surface area (Å²) in [5.41, 5.74) is 1.57. The van der Waals surface area contributed by atoms with Crippen LogP contribution < -0.4 is 4.72 Å². The SMILES string of the molecule is CN(C)SNC(=O)c1cccc(N=Cc2cc(N=O)ccc2O)c1. The van der Waals surface area contributed by atoms with Crippen molar-refractivity contribution in [1.82, 2.24) is 9.03 Å². The molecule has 2 N–H and O–H groups in total. The highest BCUT2D eigenvalue weighted by Gasteiger charge is 2.07. The van der Waals surface area contributed by atoms with Crippen molar-refractivity contribution in [2.24, 2.45) is 10.2 Å². The fraction of sp³-hybridized carbons (Fsp3) is 0.125. The van der Waals surface area contributed by atoms with E-state index in [1.54, 1.807) is 28.6 Å². The Balaban J connectivity index is 2.17. The van der Waals surface area contributed by atoms with Crippen molar-refractivity contribution in [3.05, 3.63) is 58.5 Å². The number of carbonyl (C=O) groups excluding carboxylic acids is 1. The molecule has 0 atom stereocenters. The van der Waals surface area contributed by atoms with Crippen molar-refractivity contribution in [3.63, 3.8) is 0 Å². The summed E-state index contributed by atoms with van der Waals surface area (Å²) in [7, 11) is 3.64. The van der Waals surface area contributed by atoms with Gasteiger partial charge in [0.15, 0.2) is 0 Å². The van der Waals surface area contributed by atoms with E-state index in [4.69, 9.17) is 0 Å². The number of phenolic OH excluding ortho intramolecular Hbond substituents is 1. The molecule has 0 saturated carbocycles. The van der Waals surface area contributed by atoms with Gasteiger partial charge < -0.3 is 5.11 Å². The Morgan fingerprint density at radius 3 is 2.71 bits per heavy atom. The first-order valence-electron chi connectivity index (χ1n) is 6.94. The van der Waals surface area contributed by atoms with Gasteiger partial charge in [0.25, 0.3) is 5.91 Å². The lowest BCUT2D eigenvalue weighted by molar-refractivity contribution is 0.0983. The summed E-state index contributed by atoms with van der Waals surface area (Å²) in [6.45, 7) is 0. The number of carbonyl (C=O) groups is 1. The molecule has 0 spiro atoms. The standard InChI is InChI=1S/C16H16N4O3S/c1-20(2)24-19-16(22)11-4-3-5-13(8-11)17-10-12-9-14(18-23)6-7-15(12)21/h3-10,21H,1-2H3,(H,19,22). The van der Waals surface area contributed by atoms with E-state index >= 15 is 0 Å². The summed E-state index contributed by atoms with van der Waals surface area (Å²) in [5, 5.41) is 12.6. The summed E-state index contributed by atoms with van der Waals surface area (Å²) in [5.74, 6) is -0.247. The van der Waals surface area contributed by atoms with Gasteiger partial charge in [0.1, 0.15) is 11.4 Å². The number of hydrogen-bond acceptors (Lipinski definition) is 7. The molecule has 2 aromatic rings. The van der Waals surface area contributed by atoms with Gasteiger partial charge in [-0.05, 0) is 55.7 Å². The molecule has 0 aliphatic heterocycles. The maximum atomic E-state index is 12.0. The molecular formula is C16H16N4O3S. The van der Waals surface area contributed by atoms with Crippen LogP contribution in [0, 0.1) is 4.91 Å². The Bertz CT molecular complexity index is 778. The number of phenols is 1. The van der Waals surface area contributed by atoms with Gasteiger partial charge in [-0.3, -0.25) is 14.5 Å². The van der Waals surface area contributed by atoms with Gasteiger partial charge in [0.2, 0.25) is 0 Å². The van der Waals surface area contributed by atoms with E-state index in [1.165, 1.54) is 36.5 Å². The Labute approximate surface area is 143 Å². The Kier molecular flexibility index (Phi) is 6.05. The first-order chi connectivity index (χ1) is 11.5. The molecule has 0 aromatic heterocycles. The molecule has 124 valence electrons. The second-order valence-electron chi connectivity index (χ2n) is 4.98. The van der Waals surface area contributed by atoms with E-state index in [0.717, 1.165) is 0 Å². The predicted octanol–water partition coefficient (Wildman–Crippen LogP) is 3.40. The van der Waals surface area contributed by atoms with Crippen LogP contribution in [-0.2, 0) is 0 Å². The molecule has 0 radical (unpaired) electrons. The summed E-state index contributed by atoms with van der Waals surface area (Å²) < 4.78 is 4.45. The van der Waals surface area contributed by atoms with Crippen LogP contribution in [0.5, 0.6) is 5.75 Å². The number of aromatic hydroxyl groups is 1. The third-order valence-electron chi connectivity index (χ3n) is 2.90. The van der Waals surface area contributed by atoms with Gasteiger partial charge in [-0.1, -0.05) is 6.07 Å². The molecule has 0 aliphatic rings. The van der Waals surface area contributed by atoms with Crippen LogP contribution in [0.1, 0.15) is 15.9 Å². The maximum absolute atomic E-state index is 12.0. The minimum atomic E-state index is -0.235. The molecule has 2 aromatic carbocycles. The molecule has 0 aliphatic carbocycles. The number of nitrogens with one attached hydrogen (secondary N) is 1. The molecule has 24 heavy (non-hydrogen) atoms. The highest BCUT2D eigenvalue weighted by Crippen LogP contribution is 2.23. The third-order valence-corrected chi connectivity index (χ3v) is 3.54. The monoisotopic (exact) mass is 344 g/mol. The number of hydrogen-bond donors (Lipinski definition) is 2. The van der Waals surface area contributed by atoms with Crippen LogP contribution in [0.15, 0.2) is 52.6 Å². The second-order valence-corrected chi connectivity index (χ2v) is 6.09. The van der Waals surface area contributed by atoms with E-state index in [1.807, 2.05) is 14.1 Å². The van der Waals surface area contributed by atoms with E-state index in [0.29, 0.717) is 16.8 Å². The highest BCUT2D eigenvalue weighted by molar-refractivity contribution is 7.95. The van der Waals surface area contributed by atoms with E-state index in [9.17, 15) is 14.8 Å². The van der Waals surface area contributed by atoms with E-state index in [-0.39, 0.29) is 17.3 Å². The number of rotatable bonds is 6. The largest absolute Gasteiger partial charge is 0.507 e. The van der Waals surface area contributed by atoms with Gasteiger partial charge in [0, 0.05) is 29.5 Å². The van der Waals surface area contributed by atoms with Gasteiger partial charge >= 0.3 is 0 Å². The number of nitroso groups, excluding NO2 is 1. The number of nitrogens with zero attached hydrogens (tertiary/aromatic N) is 3.